The highest BCUT2D eigenvalue weighted by atomic mass is 16.2. The minimum absolute atomic E-state index is 0.0611. The van der Waals surface area contributed by atoms with Gasteiger partial charge >= 0.3 is 6.03 Å². The fourth-order valence-corrected chi connectivity index (χ4v) is 4.74. The van der Waals surface area contributed by atoms with Crippen molar-refractivity contribution in [2.75, 3.05) is 13.1 Å². The van der Waals surface area contributed by atoms with Crippen molar-refractivity contribution in [2.45, 2.75) is 38.3 Å². The largest absolute Gasteiger partial charge is 0.361 e. The van der Waals surface area contributed by atoms with Gasteiger partial charge in [-0.25, -0.2) is 4.79 Å². The Labute approximate surface area is 186 Å². The number of amides is 4. The first-order chi connectivity index (χ1) is 15.6. The van der Waals surface area contributed by atoms with Crippen molar-refractivity contribution >= 4 is 28.7 Å². The Balaban J connectivity index is 1.09. The van der Waals surface area contributed by atoms with Gasteiger partial charge in [-0.2, -0.15) is 0 Å². The van der Waals surface area contributed by atoms with Crippen LogP contribution in [0.2, 0.25) is 0 Å². The number of aromatic amines is 1. The number of imide groups is 1. The molecule has 0 unspecified atom stereocenters. The van der Waals surface area contributed by atoms with Crippen molar-refractivity contribution in [1.82, 2.24) is 20.1 Å². The van der Waals surface area contributed by atoms with Gasteiger partial charge in [-0.3, -0.25) is 14.5 Å². The molecule has 1 atom stereocenters. The minimum atomic E-state index is -0.414. The van der Waals surface area contributed by atoms with Gasteiger partial charge in [-0.05, 0) is 35.6 Å². The molecule has 0 aliphatic carbocycles. The average molecular weight is 431 g/mol. The monoisotopic (exact) mass is 430 g/mol. The Morgan fingerprint density at radius 2 is 1.84 bits per heavy atom. The fourth-order valence-electron chi connectivity index (χ4n) is 4.74. The van der Waals surface area contributed by atoms with Crippen LogP contribution in [0.5, 0.6) is 0 Å². The van der Waals surface area contributed by atoms with Crippen LogP contribution in [0.3, 0.4) is 0 Å². The molecule has 2 aliphatic rings. The molecular formula is C25H26N4O3. The number of nitrogens with zero attached hydrogens (tertiary/aromatic N) is 2. The third kappa shape index (κ3) is 3.75. The molecule has 3 heterocycles. The lowest BCUT2D eigenvalue weighted by Crippen LogP contribution is -2.39. The van der Waals surface area contributed by atoms with Crippen LogP contribution in [-0.2, 0) is 29.0 Å². The maximum Gasteiger partial charge on any atom is 0.327 e. The van der Waals surface area contributed by atoms with E-state index in [1.54, 1.807) is 4.90 Å². The summed E-state index contributed by atoms with van der Waals surface area (Å²) in [5, 5.41) is 4.12. The number of benzene rings is 2. The number of hydrogen-bond donors (Lipinski definition) is 2. The molecule has 7 heteroatoms. The first kappa shape index (κ1) is 20.3. The van der Waals surface area contributed by atoms with Gasteiger partial charge in [0.25, 0.3) is 5.91 Å². The molecule has 4 amide bonds. The van der Waals surface area contributed by atoms with E-state index in [9.17, 15) is 14.4 Å². The van der Waals surface area contributed by atoms with Gasteiger partial charge in [0, 0.05) is 49.6 Å². The number of nitrogens with one attached hydrogen (secondary N) is 2. The zero-order chi connectivity index (χ0) is 22.1. The Bertz CT molecular complexity index is 1140. The molecule has 5 rings (SSSR count). The molecule has 0 saturated carbocycles. The van der Waals surface area contributed by atoms with Crippen molar-refractivity contribution in [3.05, 3.63) is 71.4 Å². The van der Waals surface area contributed by atoms with Crippen molar-refractivity contribution in [1.29, 1.82) is 0 Å². The minimum Gasteiger partial charge on any atom is -0.361 e. The molecule has 164 valence electrons. The van der Waals surface area contributed by atoms with Crippen LogP contribution in [0.15, 0.2) is 54.7 Å². The zero-order valence-corrected chi connectivity index (χ0v) is 17.8. The Morgan fingerprint density at radius 3 is 2.72 bits per heavy atom. The summed E-state index contributed by atoms with van der Waals surface area (Å²) in [5.74, 6) is -0.210. The lowest BCUT2D eigenvalue weighted by Gasteiger charge is -2.28. The summed E-state index contributed by atoms with van der Waals surface area (Å²) in [4.78, 5) is 44.0. The van der Waals surface area contributed by atoms with E-state index >= 15 is 0 Å². The molecule has 1 aromatic heterocycles. The fraction of sp³-hybridized carbons (Fsp3) is 0.320. The van der Waals surface area contributed by atoms with Crippen LogP contribution in [0, 0.1) is 0 Å². The summed E-state index contributed by atoms with van der Waals surface area (Å²) >= 11 is 0. The summed E-state index contributed by atoms with van der Waals surface area (Å²) in [6, 6.07) is 15.4. The van der Waals surface area contributed by atoms with Crippen LogP contribution >= 0.6 is 0 Å². The van der Waals surface area contributed by atoms with Crippen LogP contribution in [0.1, 0.15) is 29.5 Å². The van der Waals surface area contributed by atoms with Gasteiger partial charge in [0.1, 0.15) is 6.04 Å². The topological polar surface area (TPSA) is 85.5 Å². The first-order valence-corrected chi connectivity index (χ1v) is 11.1. The third-order valence-corrected chi connectivity index (χ3v) is 6.45. The van der Waals surface area contributed by atoms with Crippen LogP contribution in [0.4, 0.5) is 4.79 Å². The van der Waals surface area contributed by atoms with E-state index in [1.807, 2.05) is 48.7 Å². The lowest BCUT2D eigenvalue weighted by molar-refractivity contribution is -0.129. The zero-order valence-electron chi connectivity index (χ0n) is 17.8. The Morgan fingerprint density at radius 1 is 1.06 bits per heavy atom. The summed E-state index contributed by atoms with van der Waals surface area (Å²) in [6.45, 7) is 1.30. The first-order valence-electron chi connectivity index (χ1n) is 11.1. The van der Waals surface area contributed by atoms with Crippen molar-refractivity contribution in [3.63, 3.8) is 0 Å². The number of hydrogen-bond acceptors (Lipinski definition) is 3. The number of aromatic nitrogens is 1. The van der Waals surface area contributed by atoms with E-state index in [2.05, 4.69) is 16.4 Å². The highest BCUT2D eigenvalue weighted by Crippen LogP contribution is 2.30. The van der Waals surface area contributed by atoms with E-state index in [0.717, 1.165) is 23.1 Å². The molecule has 2 N–H and O–H groups in total. The number of urea groups is 1. The number of carbonyl (C=O) groups is 3. The highest BCUT2D eigenvalue weighted by Gasteiger charge is 2.46. The predicted octanol–water partition coefficient (Wildman–Crippen LogP) is 3.00. The molecule has 2 aromatic carbocycles. The van der Waals surface area contributed by atoms with Crippen molar-refractivity contribution in [3.8, 4) is 0 Å². The van der Waals surface area contributed by atoms with Crippen LogP contribution in [-0.4, -0.2) is 51.8 Å². The van der Waals surface area contributed by atoms with Gasteiger partial charge in [0.05, 0.1) is 0 Å². The summed E-state index contributed by atoms with van der Waals surface area (Å²) in [5.41, 5.74) is 4.49. The van der Waals surface area contributed by atoms with Gasteiger partial charge in [0.15, 0.2) is 0 Å². The second kappa shape index (κ2) is 8.49. The predicted molar refractivity (Wildman–Crippen MR) is 121 cm³/mol. The molecule has 3 aromatic rings. The molecule has 0 spiro atoms. The third-order valence-electron chi connectivity index (χ3n) is 6.45. The van der Waals surface area contributed by atoms with Gasteiger partial charge in [0.2, 0.25) is 5.91 Å². The van der Waals surface area contributed by atoms with E-state index < -0.39 is 6.04 Å². The molecule has 1 fully saturated rings. The number of fused-ring (bicyclic) bond motifs is 3. The Hall–Kier alpha value is -3.61. The summed E-state index contributed by atoms with van der Waals surface area (Å²) in [6.07, 6.45) is 4.04. The lowest BCUT2D eigenvalue weighted by atomic mass is 9.95. The number of H-pyrrole nitrogens is 1. The molecule has 0 radical (unpaired) electrons. The molecule has 7 nitrogen and oxygen atoms in total. The highest BCUT2D eigenvalue weighted by molar-refractivity contribution is 6.04. The maximum atomic E-state index is 12.8. The molecular weight excluding hydrogens is 404 g/mol. The normalized spacial score (nSPS) is 17.6. The summed E-state index contributed by atoms with van der Waals surface area (Å²) in [7, 11) is 0. The number of rotatable bonds is 7. The second-order valence-electron chi connectivity index (χ2n) is 8.45. The van der Waals surface area contributed by atoms with Gasteiger partial charge < -0.3 is 15.2 Å². The van der Waals surface area contributed by atoms with E-state index in [0.29, 0.717) is 25.9 Å². The number of para-hydroxylation sites is 1. The second-order valence-corrected chi connectivity index (χ2v) is 8.45. The molecule has 0 bridgehead atoms. The van der Waals surface area contributed by atoms with E-state index in [1.165, 1.54) is 15.8 Å². The van der Waals surface area contributed by atoms with Crippen LogP contribution < -0.4 is 5.32 Å². The smallest absolute Gasteiger partial charge is 0.327 e. The standard InChI is InChI=1S/C25H26N4O3/c30-23(26-12-11-18-15-27-21-9-4-3-8-20(18)21)10-5-13-28-24(31)22-14-17-6-1-2-7-19(17)16-29(22)25(28)32/h1-4,6-9,15,22,27H,5,10-14,16H2,(H,26,30)/t22-/m0/s1. The Kier molecular flexibility index (Phi) is 5.39. The van der Waals surface area contributed by atoms with E-state index in [4.69, 9.17) is 0 Å². The van der Waals surface area contributed by atoms with Crippen LogP contribution in [0.25, 0.3) is 10.9 Å². The quantitative estimate of drug-likeness (QED) is 0.565. The van der Waals surface area contributed by atoms with Crippen molar-refractivity contribution in [2.24, 2.45) is 0 Å². The SMILES string of the molecule is O=C(CCCN1C(=O)[C@@H]2Cc3ccccc3CN2C1=O)NCCc1c[nH]c2ccccc12. The molecule has 32 heavy (non-hydrogen) atoms. The van der Waals surface area contributed by atoms with Crippen molar-refractivity contribution < 1.29 is 14.4 Å². The summed E-state index contributed by atoms with van der Waals surface area (Å²) < 4.78 is 0. The van der Waals surface area contributed by atoms with Gasteiger partial charge in [-0.1, -0.05) is 42.5 Å². The number of carbonyl (C=O) groups excluding carboxylic acids is 3. The van der Waals surface area contributed by atoms with Gasteiger partial charge in [-0.15, -0.1) is 0 Å². The van der Waals surface area contributed by atoms with E-state index in [-0.39, 0.29) is 30.8 Å². The molecule has 2 aliphatic heterocycles. The average Bonchev–Trinajstić information content (AvgIpc) is 3.32. The maximum absolute atomic E-state index is 12.8. The molecule has 1 saturated heterocycles.